The number of nitrogens with one attached hydrogen (secondary N) is 1. The Labute approximate surface area is 74.9 Å². The fourth-order valence-electron chi connectivity index (χ4n) is 1.55. The molecule has 0 spiro atoms. The third-order valence-corrected chi connectivity index (χ3v) is 2.75. The summed E-state index contributed by atoms with van der Waals surface area (Å²) in [6.07, 6.45) is 1.17. The molecule has 1 atom stereocenters. The van der Waals surface area contributed by atoms with Crippen molar-refractivity contribution in [3.8, 4) is 0 Å². The monoisotopic (exact) mass is 211 g/mol. The summed E-state index contributed by atoms with van der Waals surface area (Å²) >= 11 is 3.45. The largest absolute Gasteiger partial charge is 0.313 e. The Hall–Kier alpha value is -0.340. The van der Waals surface area contributed by atoms with Crippen molar-refractivity contribution in [2.75, 3.05) is 7.05 Å². The first-order chi connectivity index (χ1) is 5.31. The molecule has 0 aliphatic heterocycles. The average molecular weight is 212 g/mol. The predicted octanol–water partition coefficient (Wildman–Crippen LogP) is 2.27. The number of benzene rings is 1. The molecule has 1 aromatic rings. The summed E-state index contributed by atoms with van der Waals surface area (Å²) in [6.45, 7) is 0. The predicted molar refractivity (Wildman–Crippen MR) is 49.6 cm³/mol. The van der Waals surface area contributed by atoms with Gasteiger partial charge in [-0.1, -0.05) is 22.0 Å². The maximum Gasteiger partial charge on any atom is 0.0361 e. The number of hydrogen-bond acceptors (Lipinski definition) is 1. The van der Waals surface area contributed by atoms with E-state index in [9.17, 15) is 0 Å². The molecule has 0 aromatic heterocycles. The highest BCUT2D eigenvalue weighted by Gasteiger charge is 2.23. The molecule has 0 saturated heterocycles. The molecule has 0 bridgehead atoms. The highest BCUT2D eigenvalue weighted by atomic mass is 79.9. The van der Waals surface area contributed by atoms with E-state index in [0.29, 0.717) is 6.04 Å². The molecule has 1 unspecified atom stereocenters. The van der Waals surface area contributed by atoms with E-state index in [-0.39, 0.29) is 0 Å². The third-order valence-electron chi connectivity index (χ3n) is 2.25. The summed E-state index contributed by atoms with van der Waals surface area (Å²) < 4.78 is 1.19. The lowest BCUT2D eigenvalue weighted by Crippen LogP contribution is -2.28. The van der Waals surface area contributed by atoms with Gasteiger partial charge in [0, 0.05) is 10.5 Å². The van der Waals surface area contributed by atoms with Crippen LogP contribution in [0.5, 0.6) is 0 Å². The van der Waals surface area contributed by atoms with Gasteiger partial charge in [-0.05, 0) is 36.7 Å². The van der Waals surface area contributed by atoms with Crippen LogP contribution in [0.15, 0.2) is 22.7 Å². The van der Waals surface area contributed by atoms with Crippen LogP contribution in [0.4, 0.5) is 0 Å². The normalized spacial score (nSPS) is 20.7. The molecular formula is C9H10BrN. The molecule has 0 radical (unpaired) electrons. The Kier molecular flexibility index (Phi) is 1.74. The van der Waals surface area contributed by atoms with Crippen LogP contribution in [-0.2, 0) is 6.42 Å². The molecule has 0 saturated carbocycles. The summed E-state index contributed by atoms with van der Waals surface area (Å²) in [6, 6.07) is 7.08. The van der Waals surface area contributed by atoms with Crippen molar-refractivity contribution >= 4 is 15.9 Å². The average Bonchev–Trinajstić information content (AvgIpc) is 1.95. The summed E-state index contributed by atoms with van der Waals surface area (Å²) in [7, 11) is 2.01. The number of rotatable bonds is 1. The molecule has 1 N–H and O–H groups in total. The van der Waals surface area contributed by atoms with Crippen molar-refractivity contribution in [3.05, 3.63) is 33.8 Å². The SMILES string of the molecule is CNC1Cc2cc(Br)ccc21. The first kappa shape index (κ1) is 7.32. The molecule has 58 valence electrons. The maximum absolute atomic E-state index is 3.45. The lowest BCUT2D eigenvalue weighted by atomic mass is 9.83. The smallest absolute Gasteiger partial charge is 0.0361 e. The second-order valence-electron chi connectivity index (χ2n) is 2.89. The van der Waals surface area contributed by atoms with Crippen LogP contribution in [0, 0.1) is 0 Å². The molecule has 1 aliphatic rings. The minimum absolute atomic E-state index is 0.595. The van der Waals surface area contributed by atoms with E-state index < -0.39 is 0 Å². The summed E-state index contributed by atoms with van der Waals surface area (Å²) in [5, 5.41) is 3.26. The third kappa shape index (κ3) is 1.10. The molecular weight excluding hydrogens is 202 g/mol. The zero-order valence-corrected chi connectivity index (χ0v) is 7.98. The van der Waals surface area contributed by atoms with Crippen molar-refractivity contribution in [1.29, 1.82) is 0 Å². The summed E-state index contributed by atoms with van der Waals surface area (Å²) in [5.41, 5.74) is 2.93. The van der Waals surface area contributed by atoms with Gasteiger partial charge in [0.15, 0.2) is 0 Å². The van der Waals surface area contributed by atoms with Gasteiger partial charge in [-0.3, -0.25) is 0 Å². The van der Waals surface area contributed by atoms with Crippen molar-refractivity contribution in [1.82, 2.24) is 5.32 Å². The first-order valence-electron chi connectivity index (χ1n) is 3.77. The van der Waals surface area contributed by atoms with E-state index in [1.54, 1.807) is 0 Å². The van der Waals surface area contributed by atoms with Gasteiger partial charge in [-0.25, -0.2) is 0 Å². The van der Waals surface area contributed by atoms with Crippen LogP contribution in [-0.4, -0.2) is 7.05 Å². The van der Waals surface area contributed by atoms with Crippen molar-refractivity contribution in [2.45, 2.75) is 12.5 Å². The van der Waals surface area contributed by atoms with Crippen LogP contribution in [0.25, 0.3) is 0 Å². The molecule has 2 heteroatoms. The number of hydrogen-bond donors (Lipinski definition) is 1. The molecule has 1 nitrogen and oxygen atoms in total. The van der Waals surface area contributed by atoms with Crippen molar-refractivity contribution < 1.29 is 0 Å². The molecule has 2 rings (SSSR count). The summed E-state index contributed by atoms with van der Waals surface area (Å²) in [5.74, 6) is 0. The number of halogens is 1. The van der Waals surface area contributed by atoms with E-state index >= 15 is 0 Å². The van der Waals surface area contributed by atoms with Gasteiger partial charge in [0.2, 0.25) is 0 Å². The summed E-state index contributed by atoms with van der Waals surface area (Å²) in [4.78, 5) is 0. The quantitative estimate of drug-likeness (QED) is 0.752. The lowest BCUT2D eigenvalue weighted by molar-refractivity contribution is 0.530. The van der Waals surface area contributed by atoms with Crippen LogP contribution in [0.1, 0.15) is 17.2 Å². The van der Waals surface area contributed by atoms with Gasteiger partial charge in [0.25, 0.3) is 0 Å². The minimum atomic E-state index is 0.595. The van der Waals surface area contributed by atoms with E-state index in [1.165, 1.54) is 22.0 Å². The molecule has 1 aromatic carbocycles. The zero-order chi connectivity index (χ0) is 7.84. The van der Waals surface area contributed by atoms with E-state index in [1.807, 2.05) is 7.05 Å². The van der Waals surface area contributed by atoms with Crippen LogP contribution >= 0.6 is 15.9 Å². The molecule has 0 heterocycles. The van der Waals surface area contributed by atoms with Gasteiger partial charge >= 0.3 is 0 Å². The van der Waals surface area contributed by atoms with Crippen molar-refractivity contribution in [3.63, 3.8) is 0 Å². The number of likely N-dealkylation sites (N-methyl/N-ethyl adjacent to an activating group) is 1. The Bertz CT molecular complexity index is 283. The molecule has 11 heavy (non-hydrogen) atoms. The second-order valence-corrected chi connectivity index (χ2v) is 3.80. The van der Waals surface area contributed by atoms with Crippen LogP contribution in [0.3, 0.4) is 0 Å². The topological polar surface area (TPSA) is 12.0 Å². The highest BCUT2D eigenvalue weighted by Crippen LogP contribution is 2.34. The Morgan fingerprint density at radius 2 is 2.36 bits per heavy atom. The van der Waals surface area contributed by atoms with Gasteiger partial charge in [0.05, 0.1) is 0 Å². The Morgan fingerprint density at radius 1 is 1.55 bits per heavy atom. The number of fused-ring (bicyclic) bond motifs is 1. The van der Waals surface area contributed by atoms with Gasteiger partial charge < -0.3 is 5.32 Å². The van der Waals surface area contributed by atoms with Gasteiger partial charge in [0.1, 0.15) is 0 Å². The van der Waals surface area contributed by atoms with Crippen LogP contribution in [0.2, 0.25) is 0 Å². The van der Waals surface area contributed by atoms with Crippen LogP contribution < -0.4 is 5.32 Å². The zero-order valence-electron chi connectivity index (χ0n) is 6.39. The molecule has 0 amide bonds. The van der Waals surface area contributed by atoms with Crippen molar-refractivity contribution in [2.24, 2.45) is 0 Å². The molecule has 1 aliphatic carbocycles. The Morgan fingerprint density at radius 3 is 3.00 bits per heavy atom. The van der Waals surface area contributed by atoms with Gasteiger partial charge in [-0.2, -0.15) is 0 Å². The van der Waals surface area contributed by atoms with Gasteiger partial charge in [-0.15, -0.1) is 0 Å². The molecule has 0 fully saturated rings. The Balaban J connectivity index is 2.35. The maximum atomic E-state index is 3.45. The van der Waals surface area contributed by atoms with E-state index in [2.05, 4.69) is 39.4 Å². The van der Waals surface area contributed by atoms with E-state index in [0.717, 1.165) is 0 Å². The van der Waals surface area contributed by atoms with E-state index in [4.69, 9.17) is 0 Å². The standard InChI is InChI=1S/C9H10BrN/c1-11-9-5-6-4-7(10)2-3-8(6)9/h2-4,9,11H,5H2,1H3. The lowest BCUT2D eigenvalue weighted by Gasteiger charge is -2.29. The highest BCUT2D eigenvalue weighted by molar-refractivity contribution is 9.10. The first-order valence-corrected chi connectivity index (χ1v) is 4.56. The second kappa shape index (κ2) is 2.61. The fourth-order valence-corrected chi connectivity index (χ4v) is 1.96. The fraction of sp³-hybridized carbons (Fsp3) is 0.333. The minimum Gasteiger partial charge on any atom is -0.313 e.